The standard InChI is InChI=1S/C24H18N6O2/c25-14-21-22(17-6-2-1-3-7-17)28-24(29-23(21)31)30-27-15-16-5-4-8-20(13-16)32-19-11-9-18(26)10-12-19/h1-13,15H,26H2,(H2,28,29,30,31). The van der Waals surface area contributed by atoms with Crippen LogP contribution < -0.4 is 21.5 Å². The highest BCUT2D eigenvalue weighted by Crippen LogP contribution is 2.23. The van der Waals surface area contributed by atoms with Gasteiger partial charge in [-0.3, -0.25) is 9.78 Å². The summed E-state index contributed by atoms with van der Waals surface area (Å²) in [6, 6.07) is 25.4. The summed E-state index contributed by atoms with van der Waals surface area (Å²) >= 11 is 0. The molecule has 0 unspecified atom stereocenters. The minimum absolute atomic E-state index is 0.0572. The van der Waals surface area contributed by atoms with Crippen molar-refractivity contribution in [3.8, 4) is 28.8 Å². The zero-order chi connectivity index (χ0) is 22.3. The summed E-state index contributed by atoms with van der Waals surface area (Å²) in [5.74, 6) is 1.42. The van der Waals surface area contributed by atoms with E-state index in [0.717, 1.165) is 5.56 Å². The number of hydrogen-bond acceptors (Lipinski definition) is 7. The van der Waals surface area contributed by atoms with Crippen molar-refractivity contribution in [2.75, 3.05) is 11.2 Å². The third kappa shape index (κ3) is 4.80. The second-order valence-corrected chi connectivity index (χ2v) is 6.73. The number of hydrazone groups is 1. The van der Waals surface area contributed by atoms with Gasteiger partial charge in [-0.15, -0.1) is 0 Å². The Morgan fingerprint density at radius 2 is 1.81 bits per heavy atom. The van der Waals surface area contributed by atoms with E-state index in [1.807, 2.05) is 48.5 Å². The average molecular weight is 422 g/mol. The zero-order valence-electron chi connectivity index (χ0n) is 16.8. The van der Waals surface area contributed by atoms with E-state index < -0.39 is 5.56 Å². The fraction of sp³-hybridized carbons (Fsp3) is 0. The van der Waals surface area contributed by atoms with E-state index in [1.165, 1.54) is 0 Å². The smallest absolute Gasteiger partial charge is 0.270 e. The maximum Gasteiger partial charge on any atom is 0.270 e. The van der Waals surface area contributed by atoms with E-state index in [0.29, 0.717) is 22.7 Å². The van der Waals surface area contributed by atoms with E-state index >= 15 is 0 Å². The van der Waals surface area contributed by atoms with Gasteiger partial charge in [-0.25, -0.2) is 10.4 Å². The molecule has 1 heterocycles. The molecule has 8 heteroatoms. The minimum Gasteiger partial charge on any atom is -0.457 e. The van der Waals surface area contributed by atoms with Crippen molar-refractivity contribution in [1.82, 2.24) is 9.97 Å². The van der Waals surface area contributed by atoms with Crippen molar-refractivity contribution in [2.45, 2.75) is 0 Å². The van der Waals surface area contributed by atoms with Gasteiger partial charge in [-0.05, 0) is 42.0 Å². The molecular weight excluding hydrogens is 404 g/mol. The number of H-pyrrole nitrogens is 1. The molecule has 0 saturated carbocycles. The number of ether oxygens (including phenoxy) is 1. The third-order valence-electron chi connectivity index (χ3n) is 4.44. The van der Waals surface area contributed by atoms with Crippen LogP contribution in [0.4, 0.5) is 11.6 Å². The van der Waals surface area contributed by atoms with Gasteiger partial charge in [0.25, 0.3) is 5.56 Å². The first-order valence-electron chi connectivity index (χ1n) is 9.65. The summed E-state index contributed by atoms with van der Waals surface area (Å²) in [5.41, 5.74) is 10.2. The largest absolute Gasteiger partial charge is 0.457 e. The molecule has 0 aliphatic carbocycles. The van der Waals surface area contributed by atoms with Crippen LogP contribution in [0, 0.1) is 11.3 Å². The maximum atomic E-state index is 12.3. The molecule has 4 N–H and O–H groups in total. The lowest BCUT2D eigenvalue weighted by Crippen LogP contribution is -2.16. The summed E-state index contributed by atoms with van der Waals surface area (Å²) in [6.45, 7) is 0. The maximum absolute atomic E-state index is 12.3. The first-order chi connectivity index (χ1) is 15.6. The zero-order valence-corrected chi connectivity index (χ0v) is 16.8. The molecule has 0 radical (unpaired) electrons. The van der Waals surface area contributed by atoms with Gasteiger partial charge in [0.05, 0.1) is 11.9 Å². The Hall–Kier alpha value is -4.90. The van der Waals surface area contributed by atoms with Gasteiger partial charge in [0.1, 0.15) is 23.1 Å². The predicted molar refractivity (Wildman–Crippen MR) is 124 cm³/mol. The highest BCUT2D eigenvalue weighted by Gasteiger charge is 2.12. The molecule has 32 heavy (non-hydrogen) atoms. The van der Waals surface area contributed by atoms with Gasteiger partial charge in [0, 0.05) is 11.3 Å². The SMILES string of the molecule is N#Cc1c(-c2ccccc2)nc(NN=Cc2cccc(Oc3ccc(N)cc3)c2)[nH]c1=O. The number of anilines is 2. The monoisotopic (exact) mass is 422 g/mol. The Kier molecular flexibility index (Phi) is 5.91. The van der Waals surface area contributed by atoms with Crippen LogP contribution in [0.1, 0.15) is 11.1 Å². The quantitative estimate of drug-likeness (QED) is 0.243. The molecule has 156 valence electrons. The summed E-state index contributed by atoms with van der Waals surface area (Å²) < 4.78 is 5.82. The Morgan fingerprint density at radius 3 is 2.56 bits per heavy atom. The number of nitriles is 1. The van der Waals surface area contributed by atoms with Gasteiger partial charge in [-0.2, -0.15) is 10.4 Å². The van der Waals surface area contributed by atoms with E-state index in [-0.39, 0.29) is 17.2 Å². The predicted octanol–water partition coefficient (Wildman–Crippen LogP) is 4.13. The van der Waals surface area contributed by atoms with Crippen LogP contribution in [0.2, 0.25) is 0 Å². The number of nitrogens with two attached hydrogens (primary N) is 1. The highest BCUT2D eigenvalue weighted by molar-refractivity contribution is 5.80. The van der Waals surface area contributed by atoms with Crippen LogP contribution >= 0.6 is 0 Å². The first-order valence-corrected chi connectivity index (χ1v) is 9.65. The molecule has 0 bridgehead atoms. The number of nitrogens with one attached hydrogen (secondary N) is 2. The number of benzene rings is 3. The van der Waals surface area contributed by atoms with Crippen LogP contribution in [-0.4, -0.2) is 16.2 Å². The Balaban J connectivity index is 1.52. The second-order valence-electron chi connectivity index (χ2n) is 6.73. The molecule has 0 aliphatic heterocycles. The van der Waals surface area contributed by atoms with Gasteiger partial charge < -0.3 is 10.5 Å². The number of rotatable bonds is 6. The van der Waals surface area contributed by atoms with E-state index in [2.05, 4.69) is 20.5 Å². The molecule has 4 rings (SSSR count). The van der Waals surface area contributed by atoms with E-state index in [9.17, 15) is 10.1 Å². The lowest BCUT2D eigenvalue weighted by Gasteiger charge is -2.07. The van der Waals surface area contributed by atoms with E-state index in [4.69, 9.17) is 10.5 Å². The number of aromatic nitrogens is 2. The first kappa shape index (κ1) is 20.4. The van der Waals surface area contributed by atoms with Crippen molar-refractivity contribution in [2.24, 2.45) is 5.10 Å². The molecule has 8 nitrogen and oxygen atoms in total. The molecule has 3 aromatic carbocycles. The second kappa shape index (κ2) is 9.28. The molecule has 0 fully saturated rings. The highest BCUT2D eigenvalue weighted by atomic mass is 16.5. The fourth-order valence-electron chi connectivity index (χ4n) is 2.93. The average Bonchev–Trinajstić information content (AvgIpc) is 2.81. The van der Waals surface area contributed by atoms with Crippen molar-refractivity contribution >= 4 is 17.9 Å². The summed E-state index contributed by atoms with van der Waals surface area (Å²) in [6.07, 6.45) is 1.57. The number of nitrogen functional groups attached to an aromatic ring is 1. The van der Waals surface area contributed by atoms with Crippen LogP contribution in [0.5, 0.6) is 11.5 Å². The molecule has 1 aromatic heterocycles. The Morgan fingerprint density at radius 1 is 1.03 bits per heavy atom. The van der Waals surface area contributed by atoms with Crippen molar-refractivity contribution in [3.63, 3.8) is 0 Å². The topological polar surface area (TPSA) is 129 Å². The minimum atomic E-state index is -0.544. The Labute approximate surface area is 183 Å². The van der Waals surface area contributed by atoms with Crippen molar-refractivity contribution in [3.05, 3.63) is 100 Å². The summed E-state index contributed by atoms with van der Waals surface area (Å²) in [5, 5.41) is 13.5. The summed E-state index contributed by atoms with van der Waals surface area (Å²) in [7, 11) is 0. The fourth-order valence-corrected chi connectivity index (χ4v) is 2.93. The van der Waals surface area contributed by atoms with Crippen LogP contribution in [0.3, 0.4) is 0 Å². The van der Waals surface area contributed by atoms with Gasteiger partial charge >= 0.3 is 0 Å². The molecule has 0 amide bonds. The molecule has 0 saturated heterocycles. The molecule has 0 atom stereocenters. The number of aromatic amines is 1. The third-order valence-corrected chi connectivity index (χ3v) is 4.44. The van der Waals surface area contributed by atoms with Crippen molar-refractivity contribution < 1.29 is 4.74 Å². The van der Waals surface area contributed by atoms with E-state index in [1.54, 1.807) is 42.6 Å². The normalized spacial score (nSPS) is 10.6. The number of hydrogen-bond donors (Lipinski definition) is 3. The lowest BCUT2D eigenvalue weighted by atomic mass is 10.1. The Bertz CT molecular complexity index is 1360. The molecular formula is C24H18N6O2. The van der Waals surface area contributed by atoms with Crippen LogP contribution in [0.15, 0.2) is 88.8 Å². The molecule has 0 aliphatic rings. The molecule has 0 spiro atoms. The summed E-state index contributed by atoms with van der Waals surface area (Å²) in [4.78, 5) is 19.2. The van der Waals surface area contributed by atoms with Crippen LogP contribution in [0.25, 0.3) is 11.3 Å². The van der Waals surface area contributed by atoms with Crippen molar-refractivity contribution in [1.29, 1.82) is 5.26 Å². The van der Waals surface area contributed by atoms with Gasteiger partial charge in [0.2, 0.25) is 5.95 Å². The van der Waals surface area contributed by atoms with Crippen LogP contribution in [-0.2, 0) is 0 Å². The van der Waals surface area contributed by atoms with Gasteiger partial charge in [0.15, 0.2) is 0 Å². The lowest BCUT2D eigenvalue weighted by molar-refractivity contribution is 0.482. The van der Waals surface area contributed by atoms with Gasteiger partial charge in [-0.1, -0.05) is 42.5 Å². The molecule has 4 aromatic rings. The number of nitrogens with zero attached hydrogens (tertiary/aromatic N) is 3.